The van der Waals surface area contributed by atoms with E-state index in [0.29, 0.717) is 12.3 Å². The second kappa shape index (κ2) is 11.6. The number of hydrogen-bond donors (Lipinski definition) is 2. The van der Waals surface area contributed by atoms with Crippen molar-refractivity contribution < 1.29 is 24.4 Å². The van der Waals surface area contributed by atoms with E-state index in [1.54, 1.807) is 14.2 Å². The molecule has 0 bridgehead atoms. The van der Waals surface area contributed by atoms with Crippen molar-refractivity contribution in [2.24, 2.45) is 11.8 Å². The molecule has 4 unspecified atom stereocenters. The Morgan fingerprint density at radius 1 is 1.25 bits per heavy atom. The van der Waals surface area contributed by atoms with E-state index in [2.05, 4.69) is 19.1 Å². The molecule has 0 radical (unpaired) electrons. The van der Waals surface area contributed by atoms with Gasteiger partial charge in [0, 0.05) is 12.8 Å². The first kappa shape index (κ1) is 23.0. The summed E-state index contributed by atoms with van der Waals surface area (Å²) < 4.78 is 17.2. The van der Waals surface area contributed by atoms with Crippen LogP contribution in [-0.2, 0) is 14.2 Å². The first-order valence-electron chi connectivity index (χ1n) is 10.6. The highest BCUT2D eigenvalue weighted by molar-refractivity contribution is 5.13. The van der Waals surface area contributed by atoms with Crippen LogP contribution in [0, 0.1) is 11.8 Å². The lowest BCUT2D eigenvalue weighted by Crippen LogP contribution is -2.30. The van der Waals surface area contributed by atoms with E-state index in [0.717, 1.165) is 56.5 Å². The fraction of sp³-hybridized carbons (Fsp3) is 0.739. The van der Waals surface area contributed by atoms with Gasteiger partial charge in [-0.3, -0.25) is 0 Å². The fourth-order valence-electron chi connectivity index (χ4n) is 4.33. The highest BCUT2D eigenvalue weighted by Crippen LogP contribution is 2.35. The Bertz CT molecular complexity index is 563. The Balaban J connectivity index is 1.94. The minimum atomic E-state index is -1.30. The number of rotatable bonds is 10. The topological polar surface area (TPSA) is 68.2 Å². The van der Waals surface area contributed by atoms with Crippen molar-refractivity contribution in [1.29, 1.82) is 0 Å². The predicted octanol–water partition coefficient (Wildman–Crippen LogP) is 4.46. The summed E-state index contributed by atoms with van der Waals surface area (Å²) in [7, 11) is 3.38. The van der Waals surface area contributed by atoms with Crippen molar-refractivity contribution in [2.45, 2.75) is 83.7 Å². The molecule has 0 saturated carbocycles. The van der Waals surface area contributed by atoms with Gasteiger partial charge in [-0.1, -0.05) is 18.6 Å². The van der Waals surface area contributed by atoms with Gasteiger partial charge < -0.3 is 24.4 Å². The number of methoxy groups -OCH3 is 2. The summed E-state index contributed by atoms with van der Waals surface area (Å²) in [6.07, 6.45) is 12.7. The maximum absolute atomic E-state index is 9.33. The van der Waals surface area contributed by atoms with Crippen LogP contribution in [0.2, 0.25) is 0 Å². The third-order valence-electron chi connectivity index (χ3n) is 5.96. The van der Waals surface area contributed by atoms with Gasteiger partial charge in [-0.2, -0.15) is 0 Å². The van der Waals surface area contributed by atoms with E-state index < -0.39 is 6.29 Å². The van der Waals surface area contributed by atoms with Crippen LogP contribution in [0.15, 0.2) is 35.3 Å². The van der Waals surface area contributed by atoms with Crippen molar-refractivity contribution in [3.8, 4) is 0 Å². The molecule has 5 heteroatoms. The van der Waals surface area contributed by atoms with Crippen LogP contribution in [0.25, 0.3) is 0 Å². The molecular weight excluding hydrogens is 356 g/mol. The lowest BCUT2D eigenvalue weighted by molar-refractivity contribution is -0.0686. The first-order chi connectivity index (χ1) is 13.4. The quantitative estimate of drug-likeness (QED) is 0.325. The van der Waals surface area contributed by atoms with Crippen LogP contribution < -0.4 is 0 Å². The number of allylic oxidation sites excluding steroid dienone is 4. The summed E-state index contributed by atoms with van der Waals surface area (Å²) >= 11 is 0. The van der Waals surface area contributed by atoms with Crippen molar-refractivity contribution >= 4 is 0 Å². The van der Waals surface area contributed by atoms with Gasteiger partial charge >= 0.3 is 0 Å². The molecule has 0 saturated heterocycles. The minimum Gasteiger partial charge on any atom is -0.502 e. The Kier molecular flexibility index (Phi) is 9.56. The van der Waals surface area contributed by atoms with E-state index in [-0.39, 0.29) is 18.1 Å². The standard InChI is InChI=1S/C23H38O5/c1-5-18(10-9-16(2)26-3)19-7-6-8-20(14-19)28-22-12-17(13-23(24)25)11-21(15-22)27-4/h7,9,11,17-18,20,22-25H,5-6,8,10,12-15H2,1-4H3/b16-9+. The van der Waals surface area contributed by atoms with Crippen LogP contribution in [0.3, 0.4) is 0 Å². The van der Waals surface area contributed by atoms with Gasteiger partial charge in [0.1, 0.15) is 0 Å². The Hall–Kier alpha value is -1.30. The van der Waals surface area contributed by atoms with Gasteiger partial charge in [-0.15, -0.1) is 0 Å². The zero-order chi connectivity index (χ0) is 20.5. The number of ether oxygens (including phenoxy) is 3. The molecule has 0 aromatic carbocycles. The molecule has 0 heterocycles. The molecule has 0 aliphatic heterocycles. The number of aliphatic hydroxyl groups is 2. The van der Waals surface area contributed by atoms with Crippen molar-refractivity contribution in [3.63, 3.8) is 0 Å². The van der Waals surface area contributed by atoms with Crippen LogP contribution in [-0.4, -0.2) is 42.9 Å². The molecule has 0 spiro atoms. The van der Waals surface area contributed by atoms with Gasteiger partial charge in [0.15, 0.2) is 6.29 Å². The zero-order valence-electron chi connectivity index (χ0n) is 17.9. The van der Waals surface area contributed by atoms with Gasteiger partial charge in [-0.25, -0.2) is 0 Å². The third-order valence-corrected chi connectivity index (χ3v) is 5.96. The first-order valence-corrected chi connectivity index (χ1v) is 10.6. The maximum Gasteiger partial charge on any atom is 0.152 e. The average molecular weight is 395 g/mol. The summed E-state index contributed by atoms with van der Waals surface area (Å²) in [6.45, 7) is 4.24. The molecule has 0 fully saturated rings. The Morgan fingerprint density at radius 3 is 2.68 bits per heavy atom. The highest BCUT2D eigenvalue weighted by atomic mass is 16.5. The third kappa shape index (κ3) is 7.26. The molecule has 2 N–H and O–H groups in total. The van der Waals surface area contributed by atoms with Gasteiger partial charge in [0.2, 0.25) is 0 Å². The van der Waals surface area contributed by atoms with Crippen molar-refractivity contribution in [3.05, 3.63) is 35.3 Å². The Labute approximate surface area is 170 Å². The number of hydrogen-bond acceptors (Lipinski definition) is 5. The van der Waals surface area contributed by atoms with Crippen molar-refractivity contribution in [2.75, 3.05) is 14.2 Å². The number of aliphatic hydroxyl groups excluding tert-OH is 1. The second-order valence-electron chi connectivity index (χ2n) is 8.05. The van der Waals surface area contributed by atoms with Crippen LogP contribution in [0.4, 0.5) is 0 Å². The molecular formula is C23H38O5. The zero-order valence-corrected chi connectivity index (χ0v) is 17.9. The molecule has 2 rings (SSSR count). The highest BCUT2D eigenvalue weighted by Gasteiger charge is 2.29. The van der Waals surface area contributed by atoms with E-state index in [4.69, 9.17) is 14.2 Å². The van der Waals surface area contributed by atoms with Gasteiger partial charge in [0.25, 0.3) is 0 Å². The van der Waals surface area contributed by atoms with Crippen LogP contribution >= 0.6 is 0 Å². The summed E-state index contributed by atoms with van der Waals surface area (Å²) in [5.74, 6) is 2.48. The average Bonchev–Trinajstić information content (AvgIpc) is 2.67. The molecule has 4 atom stereocenters. The molecule has 160 valence electrons. The largest absolute Gasteiger partial charge is 0.502 e. The SMILES string of the molecule is CCC(C/C=C(\C)OC)C1=CCCC(OC2CC(OC)=CC(CC(O)O)C2)C1. The molecule has 0 aromatic heterocycles. The molecule has 2 aliphatic carbocycles. The Morgan fingerprint density at radius 2 is 2.04 bits per heavy atom. The van der Waals surface area contributed by atoms with E-state index >= 15 is 0 Å². The van der Waals surface area contributed by atoms with Crippen LogP contribution in [0.5, 0.6) is 0 Å². The van der Waals surface area contributed by atoms with E-state index in [1.807, 2.05) is 13.0 Å². The second-order valence-corrected chi connectivity index (χ2v) is 8.05. The monoisotopic (exact) mass is 394 g/mol. The normalized spacial score (nSPS) is 27.2. The lowest BCUT2D eigenvalue weighted by Gasteiger charge is -2.34. The predicted molar refractivity (Wildman–Crippen MR) is 110 cm³/mol. The summed E-state index contributed by atoms with van der Waals surface area (Å²) in [5, 5.41) is 18.7. The summed E-state index contributed by atoms with van der Waals surface area (Å²) in [4.78, 5) is 0. The minimum absolute atomic E-state index is 0.0729. The van der Waals surface area contributed by atoms with Gasteiger partial charge in [0.05, 0.1) is 37.9 Å². The smallest absolute Gasteiger partial charge is 0.152 e. The van der Waals surface area contributed by atoms with E-state index in [1.165, 1.54) is 5.57 Å². The molecule has 28 heavy (non-hydrogen) atoms. The van der Waals surface area contributed by atoms with Crippen LogP contribution in [0.1, 0.15) is 65.2 Å². The molecule has 5 nitrogen and oxygen atoms in total. The fourth-order valence-corrected chi connectivity index (χ4v) is 4.33. The summed E-state index contributed by atoms with van der Waals surface area (Å²) in [6, 6.07) is 0. The molecule has 0 aromatic rings. The lowest BCUT2D eigenvalue weighted by atomic mass is 9.83. The van der Waals surface area contributed by atoms with Crippen molar-refractivity contribution in [1.82, 2.24) is 0 Å². The van der Waals surface area contributed by atoms with Gasteiger partial charge in [-0.05, 0) is 69.4 Å². The van der Waals surface area contributed by atoms with E-state index in [9.17, 15) is 10.2 Å². The maximum atomic E-state index is 9.33. The summed E-state index contributed by atoms with van der Waals surface area (Å²) in [5.41, 5.74) is 1.50. The molecule has 0 amide bonds. The molecule has 2 aliphatic rings.